The van der Waals surface area contributed by atoms with Crippen molar-refractivity contribution in [3.8, 4) is 0 Å². The summed E-state index contributed by atoms with van der Waals surface area (Å²) in [7, 11) is 1.66. The number of benzene rings is 1. The Morgan fingerprint density at radius 1 is 1.48 bits per heavy atom. The van der Waals surface area contributed by atoms with Gasteiger partial charge in [0.1, 0.15) is 11.5 Å². The number of anilines is 1. The van der Waals surface area contributed by atoms with Gasteiger partial charge in [0.25, 0.3) is 0 Å². The largest absolute Gasteiger partial charge is 0.355 e. The summed E-state index contributed by atoms with van der Waals surface area (Å²) >= 11 is 5.97. The number of halogens is 1. The fourth-order valence-corrected chi connectivity index (χ4v) is 2.68. The third-order valence-electron chi connectivity index (χ3n) is 3.60. The predicted octanol–water partition coefficient (Wildman–Crippen LogP) is 3.34. The fourth-order valence-electron chi connectivity index (χ4n) is 2.51. The number of rotatable bonds is 4. The zero-order chi connectivity index (χ0) is 16.7. The van der Waals surface area contributed by atoms with Crippen LogP contribution in [0.5, 0.6) is 0 Å². The Hall–Kier alpha value is -2.61. The lowest BCUT2D eigenvalue weighted by Crippen LogP contribution is -2.12. The Balaban J connectivity index is 1.94. The van der Waals surface area contributed by atoms with Crippen molar-refractivity contribution in [2.75, 3.05) is 5.32 Å². The van der Waals surface area contributed by atoms with Crippen LogP contribution in [-0.2, 0) is 7.05 Å². The smallest absolute Gasteiger partial charge is 0.333 e. The molecule has 0 amide bonds. The van der Waals surface area contributed by atoms with Gasteiger partial charge in [0.2, 0.25) is 5.82 Å². The summed E-state index contributed by atoms with van der Waals surface area (Å²) in [5.74, 6) is 1.01. The number of aromatic amines is 1. The van der Waals surface area contributed by atoms with Gasteiger partial charge >= 0.3 is 5.69 Å². The minimum atomic E-state index is -0.435. The molecule has 120 valence electrons. The second-order valence-electron chi connectivity index (χ2n) is 5.31. The number of hydrogen-bond donors (Lipinski definition) is 2. The van der Waals surface area contributed by atoms with Crippen LogP contribution in [0.2, 0.25) is 5.02 Å². The van der Waals surface area contributed by atoms with E-state index in [1.165, 1.54) is 4.68 Å². The van der Waals surface area contributed by atoms with Crippen molar-refractivity contribution in [1.82, 2.24) is 19.7 Å². The third kappa shape index (κ3) is 2.72. The third-order valence-corrected chi connectivity index (χ3v) is 3.83. The molecule has 3 rings (SSSR count). The lowest BCUT2D eigenvalue weighted by molar-refractivity contribution is -0.384. The number of fused-ring (bicyclic) bond motifs is 1. The second kappa shape index (κ2) is 5.54. The molecule has 0 radical (unpaired) electrons. The average molecular weight is 335 g/mol. The maximum Gasteiger partial charge on any atom is 0.333 e. The molecule has 1 atom stereocenters. The molecule has 3 aromatic rings. The second-order valence-corrected chi connectivity index (χ2v) is 5.75. The molecule has 0 fully saturated rings. The lowest BCUT2D eigenvalue weighted by atomic mass is 10.3. The van der Waals surface area contributed by atoms with Crippen molar-refractivity contribution in [3.63, 3.8) is 0 Å². The first-order valence-corrected chi connectivity index (χ1v) is 7.34. The van der Waals surface area contributed by atoms with Crippen molar-refractivity contribution < 1.29 is 4.92 Å². The number of nitrogens with zero attached hydrogens (tertiary/aromatic N) is 4. The van der Waals surface area contributed by atoms with Crippen LogP contribution >= 0.6 is 11.6 Å². The molecule has 2 N–H and O–H groups in total. The Morgan fingerprint density at radius 3 is 2.91 bits per heavy atom. The molecule has 0 aliphatic rings. The molecule has 0 saturated heterocycles. The van der Waals surface area contributed by atoms with E-state index in [1.54, 1.807) is 26.1 Å². The van der Waals surface area contributed by atoms with E-state index in [4.69, 9.17) is 11.6 Å². The SMILES string of the molecule is Cc1nn(C)c(NC(C)c2nc3ccc(Cl)cc3[nH]2)c1[N+](=O)[O-]. The number of H-pyrrole nitrogens is 1. The molecular formula is C14H15ClN6O2. The van der Waals surface area contributed by atoms with E-state index in [2.05, 4.69) is 20.4 Å². The number of aromatic nitrogens is 4. The van der Waals surface area contributed by atoms with Gasteiger partial charge < -0.3 is 10.3 Å². The van der Waals surface area contributed by atoms with E-state index in [-0.39, 0.29) is 11.7 Å². The molecule has 2 aromatic heterocycles. The molecular weight excluding hydrogens is 320 g/mol. The Bertz CT molecular complexity index is 900. The first-order valence-electron chi connectivity index (χ1n) is 6.96. The van der Waals surface area contributed by atoms with Gasteiger partial charge in [0.05, 0.1) is 22.0 Å². The van der Waals surface area contributed by atoms with Crippen LogP contribution in [0.25, 0.3) is 11.0 Å². The zero-order valence-corrected chi connectivity index (χ0v) is 13.5. The maximum absolute atomic E-state index is 11.2. The highest BCUT2D eigenvalue weighted by Gasteiger charge is 2.26. The molecule has 1 unspecified atom stereocenters. The highest BCUT2D eigenvalue weighted by molar-refractivity contribution is 6.31. The van der Waals surface area contributed by atoms with E-state index >= 15 is 0 Å². The van der Waals surface area contributed by atoms with Crippen molar-refractivity contribution in [2.24, 2.45) is 7.05 Å². The van der Waals surface area contributed by atoms with Crippen LogP contribution in [0.4, 0.5) is 11.5 Å². The maximum atomic E-state index is 11.2. The number of hydrogen-bond acceptors (Lipinski definition) is 5. The molecule has 2 heterocycles. The number of imidazole rings is 1. The summed E-state index contributed by atoms with van der Waals surface area (Å²) < 4.78 is 1.46. The van der Waals surface area contributed by atoms with Crippen molar-refractivity contribution >= 4 is 34.1 Å². The zero-order valence-electron chi connectivity index (χ0n) is 12.8. The summed E-state index contributed by atoms with van der Waals surface area (Å²) in [5.41, 5.74) is 1.94. The summed E-state index contributed by atoms with van der Waals surface area (Å²) in [5, 5.41) is 19.0. The van der Waals surface area contributed by atoms with Gasteiger partial charge in [-0.3, -0.25) is 10.1 Å². The van der Waals surface area contributed by atoms with E-state index in [1.807, 2.05) is 13.0 Å². The fraction of sp³-hybridized carbons (Fsp3) is 0.286. The molecule has 8 nitrogen and oxygen atoms in total. The van der Waals surface area contributed by atoms with Crippen LogP contribution < -0.4 is 5.32 Å². The number of aryl methyl sites for hydroxylation is 2. The van der Waals surface area contributed by atoms with Gasteiger partial charge in [-0.25, -0.2) is 9.67 Å². The summed E-state index contributed by atoms with van der Waals surface area (Å²) in [4.78, 5) is 18.5. The van der Waals surface area contributed by atoms with E-state index in [0.29, 0.717) is 22.4 Å². The Kier molecular flexibility index (Phi) is 3.69. The Labute approximate surface area is 136 Å². The van der Waals surface area contributed by atoms with Gasteiger partial charge in [0.15, 0.2) is 0 Å². The van der Waals surface area contributed by atoms with Gasteiger partial charge in [0, 0.05) is 12.1 Å². The highest BCUT2D eigenvalue weighted by atomic mass is 35.5. The van der Waals surface area contributed by atoms with Gasteiger partial charge in [-0.2, -0.15) is 5.10 Å². The molecule has 0 aliphatic heterocycles. The number of nitro groups is 1. The van der Waals surface area contributed by atoms with Gasteiger partial charge in [-0.05, 0) is 32.0 Å². The van der Waals surface area contributed by atoms with Gasteiger partial charge in [-0.1, -0.05) is 11.6 Å². The molecule has 0 bridgehead atoms. The summed E-state index contributed by atoms with van der Waals surface area (Å²) in [6.45, 7) is 3.47. The van der Waals surface area contributed by atoms with Crippen molar-refractivity contribution in [2.45, 2.75) is 19.9 Å². The molecule has 0 aliphatic carbocycles. The molecule has 1 aromatic carbocycles. The van der Waals surface area contributed by atoms with Crippen LogP contribution in [0, 0.1) is 17.0 Å². The van der Waals surface area contributed by atoms with Crippen molar-refractivity contribution in [1.29, 1.82) is 0 Å². The summed E-state index contributed by atoms with van der Waals surface area (Å²) in [6, 6.07) is 5.11. The van der Waals surface area contributed by atoms with E-state index in [0.717, 1.165) is 11.0 Å². The van der Waals surface area contributed by atoms with Crippen LogP contribution in [0.3, 0.4) is 0 Å². The van der Waals surface area contributed by atoms with Crippen LogP contribution in [0.1, 0.15) is 24.5 Å². The Morgan fingerprint density at radius 2 is 2.22 bits per heavy atom. The monoisotopic (exact) mass is 334 g/mol. The first-order chi connectivity index (χ1) is 10.9. The highest BCUT2D eigenvalue weighted by Crippen LogP contribution is 2.30. The normalized spacial score (nSPS) is 12.5. The lowest BCUT2D eigenvalue weighted by Gasteiger charge is -2.12. The average Bonchev–Trinajstić information content (AvgIpc) is 2.99. The van der Waals surface area contributed by atoms with Crippen LogP contribution in [0.15, 0.2) is 18.2 Å². The first kappa shape index (κ1) is 15.3. The van der Waals surface area contributed by atoms with Gasteiger partial charge in [-0.15, -0.1) is 0 Å². The minimum absolute atomic E-state index is 0.0292. The standard InChI is InChI=1S/C14H15ClN6O2/c1-7-12(21(22)23)14(20(3)19-7)16-8(2)13-17-10-5-4-9(15)6-11(10)18-13/h4-6,8,16H,1-3H3,(H,17,18). The van der Waals surface area contributed by atoms with Crippen molar-refractivity contribution in [3.05, 3.63) is 44.9 Å². The van der Waals surface area contributed by atoms with E-state index in [9.17, 15) is 10.1 Å². The number of nitrogens with one attached hydrogen (secondary N) is 2. The summed E-state index contributed by atoms with van der Waals surface area (Å²) in [6.07, 6.45) is 0. The molecule has 0 saturated carbocycles. The van der Waals surface area contributed by atoms with E-state index < -0.39 is 4.92 Å². The molecule has 23 heavy (non-hydrogen) atoms. The molecule has 0 spiro atoms. The predicted molar refractivity (Wildman–Crippen MR) is 87.7 cm³/mol. The van der Waals surface area contributed by atoms with Crippen LogP contribution in [-0.4, -0.2) is 24.7 Å². The minimum Gasteiger partial charge on any atom is -0.355 e. The topological polar surface area (TPSA) is 102 Å². The quantitative estimate of drug-likeness (QED) is 0.562. The molecule has 9 heteroatoms.